The van der Waals surface area contributed by atoms with Crippen LogP contribution in [0.1, 0.15) is 418 Å². The van der Waals surface area contributed by atoms with E-state index in [-0.39, 0.29) is 18.5 Å². The van der Waals surface area contributed by atoms with E-state index in [0.29, 0.717) is 25.9 Å². The Morgan fingerprint density at radius 2 is 0.602 bits per heavy atom. The number of rotatable bonds is 71. The molecule has 1 amide bonds. The van der Waals surface area contributed by atoms with Gasteiger partial charge in [-0.25, -0.2) is 0 Å². The van der Waals surface area contributed by atoms with Gasteiger partial charge in [-0.1, -0.05) is 359 Å². The molecule has 0 aliphatic heterocycles. The van der Waals surface area contributed by atoms with E-state index in [4.69, 9.17) is 4.74 Å². The Morgan fingerprint density at radius 1 is 0.337 bits per heavy atom. The van der Waals surface area contributed by atoms with Crippen molar-refractivity contribution in [3.63, 3.8) is 0 Å². The van der Waals surface area contributed by atoms with Crippen molar-refractivity contribution in [3.05, 3.63) is 36.5 Å². The third-order valence-electron chi connectivity index (χ3n) is 17.7. The number of amides is 1. The molecule has 2 unspecified atom stereocenters. The van der Waals surface area contributed by atoms with Crippen molar-refractivity contribution in [2.45, 2.75) is 431 Å². The van der Waals surface area contributed by atoms with Crippen molar-refractivity contribution in [2.75, 3.05) is 13.2 Å². The molecule has 0 fully saturated rings. The van der Waals surface area contributed by atoms with Gasteiger partial charge < -0.3 is 20.3 Å². The van der Waals surface area contributed by atoms with Gasteiger partial charge in [0.25, 0.3) is 0 Å². The molecule has 3 N–H and O–H groups in total. The molecule has 0 aliphatic carbocycles. The van der Waals surface area contributed by atoms with Crippen molar-refractivity contribution in [1.82, 2.24) is 5.32 Å². The first kappa shape index (κ1) is 81.1. The summed E-state index contributed by atoms with van der Waals surface area (Å²) in [5, 5.41) is 23.3. The van der Waals surface area contributed by atoms with Gasteiger partial charge in [0, 0.05) is 12.8 Å². The van der Waals surface area contributed by atoms with E-state index < -0.39 is 12.1 Å². The van der Waals surface area contributed by atoms with Gasteiger partial charge in [0.1, 0.15) is 0 Å². The maximum absolute atomic E-state index is 12.5. The average Bonchev–Trinajstić information content (AvgIpc) is 3.49. The fraction of sp³-hybridized carbons (Fsp3) is 0.896. The highest BCUT2D eigenvalue weighted by atomic mass is 16.5. The predicted molar refractivity (Wildman–Crippen MR) is 366 cm³/mol. The smallest absolute Gasteiger partial charge is 0.305 e. The van der Waals surface area contributed by atoms with Gasteiger partial charge in [-0.05, 0) is 83.5 Å². The van der Waals surface area contributed by atoms with Crippen molar-refractivity contribution >= 4 is 11.9 Å². The molecular formula is C77H147NO5. The van der Waals surface area contributed by atoms with Crippen LogP contribution < -0.4 is 5.32 Å². The molecule has 0 aromatic heterocycles. The van der Waals surface area contributed by atoms with Gasteiger partial charge in [-0.3, -0.25) is 9.59 Å². The molecule has 0 spiro atoms. The average molecular weight is 1170 g/mol. The first-order valence-corrected chi connectivity index (χ1v) is 37.7. The van der Waals surface area contributed by atoms with Gasteiger partial charge in [-0.2, -0.15) is 0 Å². The van der Waals surface area contributed by atoms with Crippen LogP contribution in [0.3, 0.4) is 0 Å². The van der Waals surface area contributed by atoms with E-state index in [0.717, 1.165) is 51.4 Å². The third-order valence-corrected chi connectivity index (χ3v) is 17.7. The second-order valence-corrected chi connectivity index (χ2v) is 26.0. The van der Waals surface area contributed by atoms with Crippen LogP contribution in [0.4, 0.5) is 0 Å². The summed E-state index contributed by atoms with van der Waals surface area (Å²) in [7, 11) is 0. The molecule has 490 valence electrons. The predicted octanol–water partition coefficient (Wildman–Crippen LogP) is 24.7. The maximum atomic E-state index is 12.5. The number of hydrogen-bond acceptors (Lipinski definition) is 5. The number of aliphatic hydroxyl groups excluding tert-OH is 2. The number of ether oxygens (including phenoxy) is 1. The Balaban J connectivity index is 3.31. The van der Waals surface area contributed by atoms with E-state index in [2.05, 4.69) is 55.6 Å². The van der Waals surface area contributed by atoms with Gasteiger partial charge in [0.2, 0.25) is 5.91 Å². The Hall–Kier alpha value is -1.92. The SMILES string of the molecule is CCCCC/C=C\C/C=C\CCCCCCCCCCCC(=O)OCCCCCCCCCCCCCCCC/C=C\CCCCCCCCCCCCCCCCCCCC(=O)NC(CO)C(O)CCCCCCCCCCCCCC. The molecule has 0 aromatic rings. The highest BCUT2D eigenvalue weighted by molar-refractivity contribution is 5.76. The van der Waals surface area contributed by atoms with Crippen molar-refractivity contribution in [1.29, 1.82) is 0 Å². The zero-order valence-corrected chi connectivity index (χ0v) is 56.2. The van der Waals surface area contributed by atoms with Gasteiger partial charge in [0.15, 0.2) is 0 Å². The Bertz CT molecular complexity index is 1340. The fourth-order valence-corrected chi connectivity index (χ4v) is 11.9. The highest BCUT2D eigenvalue weighted by Gasteiger charge is 2.20. The minimum Gasteiger partial charge on any atom is -0.466 e. The zero-order valence-electron chi connectivity index (χ0n) is 56.2. The monoisotopic (exact) mass is 1170 g/mol. The molecule has 0 saturated carbocycles. The summed E-state index contributed by atoms with van der Waals surface area (Å²) >= 11 is 0. The number of nitrogens with one attached hydrogen (secondary N) is 1. The van der Waals surface area contributed by atoms with Crippen LogP contribution in [0, 0.1) is 0 Å². The number of carbonyl (C=O) groups excluding carboxylic acids is 2. The number of allylic oxidation sites excluding steroid dienone is 6. The third kappa shape index (κ3) is 69.1. The Kier molecular flexibility index (Phi) is 70.9. The van der Waals surface area contributed by atoms with E-state index in [1.54, 1.807) is 0 Å². The second kappa shape index (κ2) is 72.6. The van der Waals surface area contributed by atoms with E-state index >= 15 is 0 Å². The first-order valence-electron chi connectivity index (χ1n) is 37.7. The topological polar surface area (TPSA) is 95.9 Å². The van der Waals surface area contributed by atoms with Crippen LogP contribution in [0.2, 0.25) is 0 Å². The molecular weight excluding hydrogens is 1020 g/mol. The molecule has 6 heteroatoms. The molecule has 0 aromatic carbocycles. The normalized spacial score (nSPS) is 12.7. The number of esters is 1. The van der Waals surface area contributed by atoms with Gasteiger partial charge in [-0.15, -0.1) is 0 Å². The minimum atomic E-state index is -0.660. The second-order valence-electron chi connectivity index (χ2n) is 26.0. The van der Waals surface area contributed by atoms with Crippen LogP contribution in [0.5, 0.6) is 0 Å². The lowest BCUT2D eigenvalue weighted by Gasteiger charge is -2.22. The van der Waals surface area contributed by atoms with E-state index in [9.17, 15) is 19.8 Å². The van der Waals surface area contributed by atoms with Crippen LogP contribution in [0.15, 0.2) is 36.5 Å². The summed E-state index contributed by atoms with van der Waals surface area (Å²) in [5.74, 6) is -0.0129. The van der Waals surface area contributed by atoms with Crippen molar-refractivity contribution < 1.29 is 24.5 Å². The molecule has 0 rings (SSSR count). The quantitative estimate of drug-likeness (QED) is 0.0320. The summed E-state index contributed by atoms with van der Waals surface area (Å²) < 4.78 is 5.51. The van der Waals surface area contributed by atoms with E-state index in [1.165, 1.54) is 334 Å². The van der Waals surface area contributed by atoms with Crippen LogP contribution in [-0.2, 0) is 14.3 Å². The molecule has 0 saturated heterocycles. The largest absolute Gasteiger partial charge is 0.466 e. The molecule has 0 bridgehead atoms. The first-order chi connectivity index (χ1) is 41.0. The standard InChI is InChI=1S/C77H147NO5/c1-3-5-7-9-11-13-15-17-18-19-37-41-44-47-51-55-59-63-67-71-77(82)83-72-68-64-60-56-52-48-45-42-39-36-34-32-30-28-26-24-22-20-21-23-25-27-29-31-33-35-38-40-43-46-50-54-58-62-66-70-76(81)78-74(73-79)75(80)69-65-61-57-53-49-16-14-12-10-8-6-4-2/h11,13,17-18,22,24,74-75,79-80H,3-10,12,14-16,19-21,23,25-73H2,1-2H3,(H,78,81)/b13-11-,18-17-,24-22-. The Labute approximate surface area is 519 Å². The highest BCUT2D eigenvalue weighted by Crippen LogP contribution is 2.19. The summed E-state index contributed by atoms with van der Waals surface area (Å²) in [6.45, 7) is 4.95. The van der Waals surface area contributed by atoms with Crippen molar-refractivity contribution in [3.8, 4) is 0 Å². The molecule has 6 nitrogen and oxygen atoms in total. The van der Waals surface area contributed by atoms with Crippen LogP contribution in [-0.4, -0.2) is 47.4 Å². The lowest BCUT2D eigenvalue weighted by atomic mass is 10.0. The number of unbranched alkanes of at least 4 members (excludes halogenated alkanes) is 54. The van der Waals surface area contributed by atoms with Gasteiger partial charge >= 0.3 is 5.97 Å². The fourth-order valence-electron chi connectivity index (χ4n) is 11.9. The van der Waals surface area contributed by atoms with Gasteiger partial charge in [0.05, 0.1) is 25.4 Å². The molecule has 0 radical (unpaired) electrons. The molecule has 0 aliphatic rings. The summed E-state index contributed by atoms with van der Waals surface area (Å²) in [6, 6.07) is -0.538. The lowest BCUT2D eigenvalue weighted by Crippen LogP contribution is -2.45. The summed E-state index contributed by atoms with van der Waals surface area (Å²) in [4.78, 5) is 24.6. The van der Waals surface area contributed by atoms with Crippen molar-refractivity contribution in [2.24, 2.45) is 0 Å². The number of hydrogen-bond donors (Lipinski definition) is 3. The van der Waals surface area contributed by atoms with E-state index in [1.807, 2.05) is 0 Å². The minimum absolute atomic E-state index is 0.0169. The molecule has 0 heterocycles. The number of carbonyl (C=O) groups is 2. The Morgan fingerprint density at radius 3 is 0.952 bits per heavy atom. The summed E-state index contributed by atoms with van der Waals surface area (Å²) in [6.07, 6.45) is 93.7. The molecule has 2 atom stereocenters. The maximum Gasteiger partial charge on any atom is 0.305 e. The number of aliphatic hydroxyl groups is 2. The molecule has 83 heavy (non-hydrogen) atoms. The summed E-state index contributed by atoms with van der Waals surface area (Å²) in [5.41, 5.74) is 0. The van der Waals surface area contributed by atoms with Crippen LogP contribution >= 0.6 is 0 Å². The lowest BCUT2D eigenvalue weighted by molar-refractivity contribution is -0.143. The zero-order chi connectivity index (χ0) is 59.9. The van der Waals surface area contributed by atoms with Crippen LogP contribution in [0.25, 0.3) is 0 Å².